The molecule has 128 valence electrons. The average Bonchev–Trinajstić information content (AvgIpc) is 3.35. The van der Waals surface area contributed by atoms with Crippen LogP contribution in [0.4, 0.5) is 4.79 Å². The number of nitrogens with zero attached hydrogens (tertiary/aromatic N) is 3. The van der Waals surface area contributed by atoms with Crippen molar-refractivity contribution in [2.75, 3.05) is 26.2 Å². The van der Waals surface area contributed by atoms with Gasteiger partial charge in [0.1, 0.15) is 6.04 Å². The van der Waals surface area contributed by atoms with Crippen LogP contribution in [0.5, 0.6) is 0 Å². The number of hydrogen-bond acceptors (Lipinski definition) is 4. The van der Waals surface area contributed by atoms with E-state index in [0.717, 1.165) is 36.9 Å². The van der Waals surface area contributed by atoms with E-state index in [0.29, 0.717) is 19.4 Å². The summed E-state index contributed by atoms with van der Waals surface area (Å²) < 4.78 is 0. The quantitative estimate of drug-likeness (QED) is 0.745. The molecule has 4 aliphatic rings. The summed E-state index contributed by atoms with van der Waals surface area (Å²) in [5, 5.41) is 13.6. The highest BCUT2D eigenvalue weighted by Gasteiger charge is 2.47. The molecule has 4 fully saturated rings. The largest absolute Gasteiger partial charge is 0.351 e. The minimum atomic E-state index is -0.424. The van der Waals surface area contributed by atoms with Crippen molar-refractivity contribution < 1.29 is 14.8 Å². The number of hydrogen-bond donors (Lipinski definition) is 2. The molecule has 3 aliphatic heterocycles. The number of rotatable bonds is 4. The van der Waals surface area contributed by atoms with Crippen LogP contribution in [0.3, 0.4) is 0 Å². The van der Waals surface area contributed by atoms with E-state index in [1.807, 2.05) is 0 Å². The number of piperidine rings is 2. The predicted molar refractivity (Wildman–Crippen MR) is 82.9 cm³/mol. The van der Waals surface area contributed by atoms with Gasteiger partial charge in [0, 0.05) is 32.2 Å². The van der Waals surface area contributed by atoms with Crippen LogP contribution >= 0.6 is 0 Å². The van der Waals surface area contributed by atoms with E-state index in [1.165, 1.54) is 24.3 Å². The number of carbonyl (C=O) groups is 2. The van der Waals surface area contributed by atoms with Gasteiger partial charge >= 0.3 is 6.03 Å². The van der Waals surface area contributed by atoms with Crippen LogP contribution in [0, 0.1) is 5.92 Å². The Morgan fingerprint density at radius 1 is 1.13 bits per heavy atom. The van der Waals surface area contributed by atoms with Gasteiger partial charge in [-0.1, -0.05) is 0 Å². The molecule has 2 N–H and O–H groups in total. The summed E-state index contributed by atoms with van der Waals surface area (Å²) in [5.41, 5.74) is 0. The summed E-state index contributed by atoms with van der Waals surface area (Å²) in [7, 11) is 0. The van der Waals surface area contributed by atoms with Crippen molar-refractivity contribution in [2.45, 2.75) is 56.7 Å². The van der Waals surface area contributed by atoms with Gasteiger partial charge in [-0.05, 0) is 44.4 Å². The Bertz CT molecular complexity index is 488. The fourth-order valence-electron chi connectivity index (χ4n) is 4.15. The van der Waals surface area contributed by atoms with Crippen molar-refractivity contribution in [1.29, 1.82) is 0 Å². The van der Waals surface area contributed by atoms with Gasteiger partial charge < -0.3 is 15.1 Å². The number of fused-ring (bicyclic) bond motifs is 2. The van der Waals surface area contributed by atoms with E-state index in [1.54, 1.807) is 0 Å². The molecular formula is C16H26N4O3. The van der Waals surface area contributed by atoms with Gasteiger partial charge in [0.05, 0.1) is 6.04 Å². The average molecular weight is 322 g/mol. The van der Waals surface area contributed by atoms with Gasteiger partial charge in [-0.2, -0.15) is 0 Å². The molecule has 0 aromatic heterocycles. The van der Waals surface area contributed by atoms with Crippen molar-refractivity contribution in [3.05, 3.63) is 0 Å². The van der Waals surface area contributed by atoms with Crippen molar-refractivity contribution in [2.24, 2.45) is 5.92 Å². The molecular weight excluding hydrogens is 296 g/mol. The molecule has 3 saturated heterocycles. The highest BCUT2D eigenvalue weighted by atomic mass is 16.5. The van der Waals surface area contributed by atoms with E-state index < -0.39 is 12.1 Å². The lowest BCUT2D eigenvalue weighted by Gasteiger charge is -2.35. The highest BCUT2D eigenvalue weighted by molar-refractivity contribution is 5.88. The lowest BCUT2D eigenvalue weighted by Crippen LogP contribution is -2.53. The first-order valence-corrected chi connectivity index (χ1v) is 8.93. The zero-order chi connectivity index (χ0) is 16.0. The Hall–Kier alpha value is -1.34. The first-order chi connectivity index (χ1) is 11.1. The molecule has 1 aliphatic carbocycles. The fourth-order valence-corrected chi connectivity index (χ4v) is 4.15. The minimum absolute atomic E-state index is 0.0484. The molecule has 1 saturated carbocycles. The smallest absolute Gasteiger partial charge is 0.344 e. The summed E-state index contributed by atoms with van der Waals surface area (Å²) in [6.45, 7) is 3.80. The first kappa shape index (κ1) is 15.2. The molecule has 0 radical (unpaired) electrons. The van der Waals surface area contributed by atoms with Gasteiger partial charge in [-0.25, -0.2) is 9.86 Å². The maximum absolute atomic E-state index is 12.6. The van der Waals surface area contributed by atoms with Gasteiger partial charge in [-0.3, -0.25) is 10.0 Å². The predicted octanol–water partition coefficient (Wildman–Crippen LogP) is 0.635. The maximum Gasteiger partial charge on any atom is 0.344 e. The summed E-state index contributed by atoms with van der Waals surface area (Å²) in [6.07, 6.45) is 6.08. The highest BCUT2D eigenvalue weighted by Crippen LogP contribution is 2.31. The number of hydroxylamine groups is 2. The van der Waals surface area contributed by atoms with Crippen molar-refractivity contribution >= 4 is 11.9 Å². The Labute approximate surface area is 136 Å². The normalized spacial score (nSPS) is 32.5. The Morgan fingerprint density at radius 2 is 1.87 bits per heavy atom. The molecule has 2 atom stereocenters. The molecule has 2 bridgehead atoms. The van der Waals surface area contributed by atoms with Gasteiger partial charge in [0.25, 0.3) is 0 Å². The van der Waals surface area contributed by atoms with Gasteiger partial charge in [0.2, 0.25) is 5.91 Å². The van der Waals surface area contributed by atoms with Crippen LogP contribution in [0.15, 0.2) is 0 Å². The zero-order valence-electron chi connectivity index (χ0n) is 13.5. The van der Waals surface area contributed by atoms with Crippen LogP contribution in [-0.2, 0) is 4.79 Å². The molecule has 0 unspecified atom stereocenters. The second kappa shape index (κ2) is 5.94. The second-order valence-corrected chi connectivity index (χ2v) is 7.55. The van der Waals surface area contributed by atoms with Gasteiger partial charge in [-0.15, -0.1) is 0 Å². The molecule has 4 rings (SSSR count). The third-order valence-corrected chi connectivity index (χ3v) is 5.79. The molecule has 0 aromatic carbocycles. The molecule has 0 spiro atoms. The van der Waals surface area contributed by atoms with Crippen LogP contribution in [0.25, 0.3) is 0 Å². The number of carbonyl (C=O) groups excluding carboxylic acids is 2. The van der Waals surface area contributed by atoms with Crippen LogP contribution in [0.1, 0.15) is 38.5 Å². The van der Waals surface area contributed by atoms with Crippen LogP contribution in [0.2, 0.25) is 0 Å². The Morgan fingerprint density at radius 3 is 2.57 bits per heavy atom. The van der Waals surface area contributed by atoms with Crippen LogP contribution in [-0.4, -0.2) is 76.3 Å². The van der Waals surface area contributed by atoms with Crippen molar-refractivity contribution in [1.82, 2.24) is 20.2 Å². The van der Waals surface area contributed by atoms with Crippen molar-refractivity contribution in [3.8, 4) is 0 Å². The number of urea groups is 1. The molecule has 7 heteroatoms. The summed E-state index contributed by atoms with van der Waals surface area (Å²) >= 11 is 0. The second-order valence-electron chi connectivity index (χ2n) is 7.55. The molecule has 3 heterocycles. The summed E-state index contributed by atoms with van der Waals surface area (Å²) in [4.78, 5) is 28.6. The third kappa shape index (κ3) is 3.04. The molecule has 0 aromatic rings. The van der Waals surface area contributed by atoms with Gasteiger partial charge in [0.15, 0.2) is 0 Å². The van der Waals surface area contributed by atoms with Crippen LogP contribution < -0.4 is 5.32 Å². The lowest BCUT2D eigenvalue weighted by molar-refractivity contribution is -0.127. The first-order valence-electron chi connectivity index (χ1n) is 8.93. The van der Waals surface area contributed by atoms with Crippen molar-refractivity contribution in [3.63, 3.8) is 0 Å². The van der Waals surface area contributed by atoms with E-state index in [2.05, 4.69) is 10.2 Å². The topological polar surface area (TPSA) is 76.1 Å². The molecule has 7 nitrogen and oxygen atoms in total. The van der Waals surface area contributed by atoms with E-state index in [-0.39, 0.29) is 18.0 Å². The number of amides is 3. The molecule has 23 heavy (non-hydrogen) atoms. The summed E-state index contributed by atoms with van der Waals surface area (Å²) in [6, 6.07) is -0.761. The third-order valence-electron chi connectivity index (χ3n) is 5.79. The Balaban J connectivity index is 1.28. The molecule has 3 amide bonds. The fraction of sp³-hybridized carbons (Fsp3) is 0.875. The number of nitrogens with one attached hydrogen (secondary N) is 1. The minimum Gasteiger partial charge on any atom is -0.351 e. The lowest BCUT2D eigenvalue weighted by atomic mass is 9.98. The van der Waals surface area contributed by atoms with E-state index in [4.69, 9.17) is 0 Å². The maximum atomic E-state index is 12.6. The monoisotopic (exact) mass is 322 g/mol. The SMILES string of the molecule is O=C(NC1CCN(CC2CC2)CC1)[C@@H]1CC[C@@H]2CN1C(=O)N2O. The number of likely N-dealkylation sites (tertiary alicyclic amines) is 1. The zero-order valence-corrected chi connectivity index (χ0v) is 13.5. The van der Waals surface area contributed by atoms with E-state index >= 15 is 0 Å². The van der Waals surface area contributed by atoms with E-state index in [9.17, 15) is 14.8 Å². The Kier molecular flexibility index (Phi) is 3.93. The standard InChI is InChI=1S/C16H26N4O3/c21-15(14-4-3-13-10-19(14)16(22)20(13)23)17-12-5-7-18(8-6-12)9-11-1-2-11/h11-14,23H,1-10H2,(H,17,21)/t13-,14+/m1/s1. The summed E-state index contributed by atoms with van der Waals surface area (Å²) in [5.74, 6) is 0.867.